The van der Waals surface area contributed by atoms with Gasteiger partial charge in [0, 0.05) is 44.6 Å². The number of hydrogen-bond donors (Lipinski definition) is 1. The zero-order valence-corrected chi connectivity index (χ0v) is 15.5. The minimum Gasteiger partial charge on any atom is -0.352 e. The molecular weight excluding hydrogens is 314 g/mol. The van der Waals surface area contributed by atoms with Crippen molar-refractivity contribution in [2.75, 3.05) is 37.6 Å². The fourth-order valence-corrected chi connectivity index (χ4v) is 4.07. The SMILES string of the molecule is C[C@@H]1CCCN(C[C@H](C)NC(=O)[C@H]2CCCN(c3ncccn3)C2)C1. The van der Waals surface area contributed by atoms with Crippen molar-refractivity contribution in [1.82, 2.24) is 20.2 Å². The normalized spacial score (nSPS) is 26.2. The van der Waals surface area contributed by atoms with Crippen molar-refractivity contribution in [2.45, 2.75) is 45.6 Å². The van der Waals surface area contributed by atoms with Gasteiger partial charge in [0.05, 0.1) is 5.92 Å². The molecule has 0 unspecified atom stereocenters. The zero-order valence-electron chi connectivity index (χ0n) is 15.5. The number of nitrogens with one attached hydrogen (secondary N) is 1. The standard InChI is InChI=1S/C19H31N5O/c1-15-6-3-10-23(12-15)13-16(2)22-18(25)17-7-4-11-24(14-17)19-20-8-5-9-21-19/h5,8-9,15-17H,3-4,6-7,10-14H2,1-2H3,(H,22,25)/t15-,16+,17+/m1/s1. The molecule has 1 aromatic heterocycles. The van der Waals surface area contributed by atoms with Gasteiger partial charge in [-0.2, -0.15) is 0 Å². The fourth-order valence-electron chi connectivity index (χ4n) is 4.07. The Hall–Kier alpha value is -1.69. The zero-order chi connectivity index (χ0) is 17.6. The van der Waals surface area contributed by atoms with Crippen LogP contribution in [0.25, 0.3) is 0 Å². The second-order valence-electron chi connectivity index (χ2n) is 7.75. The molecule has 3 heterocycles. The summed E-state index contributed by atoms with van der Waals surface area (Å²) in [6, 6.07) is 2.02. The van der Waals surface area contributed by atoms with Crippen LogP contribution in [0, 0.1) is 11.8 Å². The Morgan fingerprint density at radius 3 is 2.76 bits per heavy atom. The summed E-state index contributed by atoms with van der Waals surface area (Å²) in [5, 5.41) is 3.24. The van der Waals surface area contributed by atoms with E-state index in [9.17, 15) is 4.79 Å². The van der Waals surface area contributed by atoms with Gasteiger partial charge in [-0.05, 0) is 51.1 Å². The molecule has 0 aliphatic carbocycles. The summed E-state index contributed by atoms with van der Waals surface area (Å²) >= 11 is 0. The summed E-state index contributed by atoms with van der Waals surface area (Å²) in [6.07, 6.45) is 8.08. The molecule has 1 N–H and O–H groups in total. The van der Waals surface area contributed by atoms with Crippen LogP contribution >= 0.6 is 0 Å². The molecule has 2 aliphatic heterocycles. The molecule has 1 amide bonds. The number of hydrogen-bond acceptors (Lipinski definition) is 5. The first-order chi connectivity index (χ1) is 12.1. The predicted molar refractivity (Wildman–Crippen MR) is 99.4 cm³/mol. The molecule has 0 radical (unpaired) electrons. The molecule has 25 heavy (non-hydrogen) atoms. The second kappa shape index (κ2) is 8.61. The first-order valence-corrected chi connectivity index (χ1v) is 9.66. The van der Waals surface area contributed by atoms with Gasteiger partial charge in [0.2, 0.25) is 11.9 Å². The molecule has 3 atom stereocenters. The molecular formula is C19H31N5O. The van der Waals surface area contributed by atoms with Gasteiger partial charge in [-0.25, -0.2) is 9.97 Å². The summed E-state index contributed by atoms with van der Waals surface area (Å²) in [6.45, 7) is 9.35. The molecule has 0 spiro atoms. The van der Waals surface area contributed by atoms with Crippen LogP contribution in [0.3, 0.4) is 0 Å². The fraction of sp³-hybridized carbons (Fsp3) is 0.737. The molecule has 138 valence electrons. The number of nitrogens with zero attached hydrogens (tertiary/aromatic N) is 4. The second-order valence-corrected chi connectivity index (χ2v) is 7.75. The van der Waals surface area contributed by atoms with E-state index in [-0.39, 0.29) is 17.9 Å². The summed E-state index contributed by atoms with van der Waals surface area (Å²) in [7, 11) is 0. The van der Waals surface area contributed by atoms with Gasteiger partial charge in [0.15, 0.2) is 0 Å². The largest absolute Gasteiger partial charge is 0.352 e. The maximum atomic E-state index is 12.7. The molecule has 6 nitrogen and oxygen atoms in total. The summed E-state index contributed by atoms with van der Waals surface area (Å²) < 4.78 is 0. The van der Waals surface area contributed by atoms with Crippen molar-refractivity contribution >= 4 is 11.9 Å². The molecule has 2 aliphatic rings. The van der Waals surface area contributed by atoms with Crippen LogP contribution in [0.15, 0.2) is 18.5 Å². The van der Waals surface area contributed by atoms with Crippen molar-refractivity contribution in [1.29, 1.82) is 0 Å². The quantitative estimate of drug-likeness (QED) is 0.883. The van der Waals surface area contributed by atoms with Crippen LogP contribution in [0.4, 0.5) is 5.95 Å². The number of anilines is 1. The first kappa shape index (κ1) is 18.1. The highest BCUT2D eigenvalue weighted by Gasteiger charge is 2.28. The average Bonchev–Trinajstić information content (AvgIpc) is 2.62. The van der Waals surface area contributed by atoms with E-state index in [2.05, 4.69) is 38.9 Å². The average molecular weight is 345 g/mol. The number of piperidine rings is 2. The summed E-state index contributed by atoms with van der Waals surface area (Å²) in [5.41, 5.74) is 0. The van der Waals surface area contributed by atoms with Gasteiger partial charge in [0.25, 0.3) is 0 Å². The van der Waals surface area contributed by atoms with Gasteiger partial charge in [-0.3, -0.25) is 4.79 Å². The monoisotopic (exact) mass is 345 g/mol. The van der Waals surface area contributed by atoms with E-state index in [1.165, 1.54) is 12.8 Å². The van der Waals surface area contributed by atoms with Crippen LogP contribution in [-0.2, 0) is 4.79 Å². The predicted octanol–water partition coefficient (Wildman–Crippen LogP) is 1.93. The number of carbonyl (C=O) groups excluding carboxylic acids is 1. The Morgan fingerprint density at radius 1 is 1.24 bits per heavy atom. The van der Waals surface area contributed by atoms with Crippen molar-refractivity contribution in [3.05, 3.63) is 18.5 Å². The van der Waals surface area contributed by atoms with E-state index in [0.29, 0.717) is 6.54 Å². The number of carbonyl (C=O) groups is 1. The topological polar surface area (TPSA) is 61.4 Å². The lowest BCUT2D eigenvalue weighted by Crippen LogP contribution is -2.49. The van der Waals surface area contributed by atoms with Crippen LogP contribution in [0.5, 0.6) is 0 Å². The van der Waals surface area contributed by atoms with Crippen molar-refractivity contribution in [3.63, 3.8) is 0 Å². The Bertz CT molecular complexity index is 552. The lowest BCUT2D eigenvalue weighted by atomic mass is 9.97. The molecule has 0 bridgehead atoms. The van der Waals surface area contributed by atoms with E-state index < -0.39 is 0 Å². The first-order valence-electron chi connectivity index (χ1n) is 9.66. The van der Waals surface area contributed by atoms with Crippen molar-refractivity contribution in [2.24, 2.45) is 11.8 Å². The molecule has 2 fully saturated rings. The van der Waals surface area contributed by atoms with Crippen LogP contribution in [0.1, 0.15) is 39.5 Å². The molecule has 1 aromatic rings. The summed E-state index contributed by atoms with van der Waals surface area (Å²) in [4.78, 5) is 26.0. The van der Waals surface area contributed by atoms with E-state index in [1.54, 1.807) is 12.4 Å². The van der Waals surface area contributed by atoms with Crippen LogP contribution in [0.2, 0.25) is 0 Å². The lowest BCUT2D eigenvalue weighted by molar-refractivity contribution is -0.126. The number of aromatic nitrogens is 2. The number of likely N-dealkylation sites (tertiary alicyclic amines) is 1. The van der Waals surface area contributed by atoms with E-state index in [4.69, 9.17) is 0 Å². The number of rotatable bonds is 5. The minimum absolute atomic E-state index is 0.0280. The van der Waals surface area contributed by atoms with Gasteiger partial charge in [-0.15, -0.1) is 0 Å². The highest BCUT2D eigenvalue weighted by Crippen LogP contribution is 2.20. The molecule has 0 saturated carbocycles. The third-order valence-electron chi connectivity index (χ3n) is 5.29. The highest BCUT2D eigenvalue weighted by atomic mass is 16.2. The van der Waals surface area contributed by atoms with Gasteiger partial charge < -0.3 is 15.1 Å². The van der Waals surface area contributed by atoms with Crippen LogP contribution in [-0.4, -0.2) is 59.5 Å². The molecule has 3 rings (SSSR count). The van der Waals surface area contributed by atoms with Crippen molar-refractivity contribution < 1.29 is 4.79 Å². The van der Waals surface area contributed by atoms with E-state index >= 15 is 0 Å². The van der Waals surface area contributed by atoms with Crippen LogP contribution < -0.4 is 10.2 Å². The molecule has 2 saturated heterocycles. The Labute approximate surface area is 151 Å². The number of amides is 1. The Kier molecular flexibility index (Phi) is 6.24. The van der Waals surface area contributed by atoms with E-state index in [0.717, 1.165) is 50.9 Å². The smallest absolute Gasteiger partial charge is 0.225 e. The summed E-state index contributed by atoms with van der Waals surface area (Å²) in [5.74, 6) is 1.71. The lowest BCUT2D eigenvalue weighted by Gasteiger charge is -2.35. The Morgan fingerprint density at radius 2 is 2.00 bits per heavy atom. The maximum absolute atomic E-state index is 12.7. The van der Waals surface area contributed by atoms with E-state index in [1.807, 2.05) is 6.07 Å². The molecule has 0 aromatic carbocycles. The van der Waals surface area contributed by atoms with Crippen molar-refractivity contribution in [3.8, 4) is 0 Å². The third-order valence-corrected chi connectivity index (χ3v) is 5.29. The minimum atomic E-state index is 0.0280. The van der Waals surface area contributed by atoms with Gasteiger partial charge in [0.1, 0.15) is 0 Å². The third kappa shape index (κ3) is 5.14. The Balaban J connectivity index is 1.48. The van der Waals surface area contributed by atoms with Gasteiger partial charge >= 0.3 is 0 Å². The van der Waals surface area contributed by atoms with Gasteiger partial charge in [-0.1, -0.05) is 6.92 Å². The highest BCUT2D eigenvalue weighted by molar-refractivity contribution is 5.79. The molecule has 6 heteroatoms. The maximum Gasteiger partial charge on any atom is 0.225 e.